The van der Waals surface area contributed by atoms with Gasteiger partial charge >= 0.3 is 0 Å². The van der Waals surface area contributed by atoms with Gasteiger partial charge in [-0.05, 0) is 36.6 Å². The first-order valence-electron chi connectivity index (χ1n) is 7.25. The molecule has 1 saturated heterocycles. The zero-order valence-electron chi connectivity index (χ0n) is 12.7. The predicted octanol–water partition coefficient (Wildman–Crippen LogP) is 1.87. The van der Waals surface area contributed by atoms with Crippen molar-refractivity contribution in [2.45, 2.75) is 37.7 Å². The molecule has 0 bridgehead atoms. The lowest BCUT2D eigenvalue weighted by Crippen LogP contribution is -2.65. The molecule has 1 heterocycles. The zero-order chi connectivity index (χ0) is 15.7. The van der Waals surface area contributed by atoms with Crippen molar-refractivity contribution in [1.82, 2.24) is 4.31 Å². The van der Waals surface area contributed by atoms with Crippen LogP contribution in [0.15, 0.2) is 29.2 Å². The summed E-state index contributed by atoms with van der Waals surface area (Å²) in [7, 11) is -3.53. The highest BCUT2D eigenvalue weighted by atomic mass is 32.2. The van der Waals surface area contributed by atoms with Crippen molar-refractivity contribution in [1.29, 1.82) is 0 Å². The summed E-state index contributed by atoms with van der Waals surface area (Å²) in [5.41, 5.74) is -0.906. The van der Waals surface area contributed by atoms with Crippen molar-refractivity contribution in [2.24, 2.45) is 5.92 Å². The standard InChI is InChI=1S/C15H23NO4S/c1-4-9-20-13-5-7-14(8-6-13)21(18,19)16-10-15(17,11-16)12(2)3/h5-8,12,17H,4,9-11H2,1-3H3. The van der Waals surface area contributed by atoms with Crippen LogP contribution in [0.3, 0.4) is 0 Å². The van der Waals surface area contributed by atoms with Gasteiger partial charge in [-0.3, -0.25) is 0 Å². The Morgan fingerprint density at radius 1 is 1.29 bits per heavy atom. The van der Waals surface area contributed by atoms with E-state index in [1.165, 1.54) is 4.31 Å². The molecule has 0 saturated carbocycles. The van der Waals surface area contributed by atoms with Crippen LogP contribution in [0.2, 0.25) is 0 Å². The molecule has 0 amide bonds. The van der Waals surface area contributed by atoms with Crippen LogP contribution in [0, 0.1) is 5.92 Å². The number of aliphatic hydroxyl groups is 1. The molecule has 0 spiro atoms. The summed E-state index contributed by atoms with van der Waals surface area (Å²) in [6.07, 6.45) is 0.904. The van der Waals surface area contributed by atoms with Crippen molar-refractivity contribution in [3.63, 3.8) is 0 Å². The summed E-state index contributed by atoms with van der Waals surface area (Å²) in [5.74, 6) is 0.701. The molecule has 0 aromatic heterocycles. The van der Waals surface area contributed by atoms with E-state index >= 15 is 0 Å². The van der Waals surface area contributed by atoms with Gasteiger partial charge < -0.3 is 9.84 Å². The van der Waals surface area contributed by atoms with Crippen LogP contribution in [-0.4, -0.2) is 43.1 Å². The van der Waals surface area contributed by atoms with Gasteiger partial charge in [0.1, 0.15) is 5.75 Å². The lowest BCUT2D eigenvalue weighted by atomic mass is 9.85. The number of sulfonamides is 1. The molecule has 1 N–H and O–H groups in total. The van der Waals surface area contributed by atoms with Gasteiger partial charge in [-0.25, -0.2) is 8.42 Å². The van der Waals surface area contributed by atoms with Crippen LogP contribution in [-0.2, 0) is 10.0 Å². The fraction of sp³-hybridized carbons (Fsp3) is 0.600. The van der Waals surface area contributed by atoms with E-state index in [0.29, 0.717) is 12.4 Å². The topological polar surface area (TPSA) is 66.8 Å². The first-order valence-corrected chi connectivity index (χ1v) is 8.69. The monoisotopic (exact) mass is 313 g/mol. The molecule has 0 unspecified atom stereocenters. The highest BCUT2D eigenvalue weighted by Crippen LogP contribution is 2.33. The lowest BCUT2D eigenvalue weighted by Gasteiger charge is -2.47. The number of ether oxygens (including phenoxy) is 1. The molecule has 0 atom stereocenters. The minimum absolute atomic E-state index is 0.0359. The third kappa shape index (κ3) is 3.22. The van der Waals surface area contributed by atoms with Gasteiger partial charge in [0.05, 0.1) is 17.1 Å². The maximum absolute atomic E-state index is 12.4. The minimum atomic E-state index is -3.53. The van der Waals surface area contributed by atoms with Crippen LogP contribution in [0.25, 0.3) is 0 Å². The second-order valence-corrected chi connectivity index (χ2v) is 7.79. The normalized spacial score (nSPS) is 18.5. The molecule has 1 aliphatic heterocycles. The van der Waals surface area contributed by atoms with Crippen LogP contribution >= 0.6 is 0 Å². The van der Waals surface area contributed by atoms with Gasteiger partial charge in [-0.1, -0.05) is 20.8 Å². The Hall–Kier alpha value is -1.11. The van der Waals surface area contributed by atoms with E-state index in [1.807, 2.05) is 20.8 Å². The molecule has 1 aliphatic rings. The SMILES string of the molecule is CCCOc1ccc(S(=O)(=O)N2CC(O)(C(C)C)C2)cc1. The van der Waals surface area contributed by atoms with E-state index in [1.54, 1.807) is 24.3 Å². The molecule has 21 heavy (non-hydrogen) atoms. The molecular formula is C15H23NO4S. The first-order chi connectivity index (χ1) is 9.79. The molecule has 1 aromatic rings. The molecule has 1 aromatic carbocycles. The van der Waals surface area contributed by atoms with Crippen molar-refractivity contribution >= 4 is 10.0 Å². The Balaban J connectivity index is 2.07. The Morgan fingerprint density at radius 2 is 1.86 bits per heavy atom. The van der Waals surface area contributed by atoms with E-state index in [4.69, 9.17) is 4.74 Å². The van der Waals surface area contributed by atoms with Gasteiger partial charge in [-0.2, -0.15) is 4.31 Å². The average molecular weight is 313 g/mol. The fourth-order valence-corrected chi connectivity index (χ4v) is 3.74. The number of nitrogens with zero attached hydrogens (tertiary/aromatic N) is 1. The second-order valence-electron chi connectivity index (χ2n) is 5.85. The Labute approximate surface area is 126 Å². The third-order valence-electron chi connectivity index (χ3n) is 3.91. The van der Waals surface area contributed by atoms with Crippen molar-refractivity contribution in [3.8, 4) is 5.75 Å². The van der Waals surface area contributed by atoms with Crippen molar-refractivity contribution in [2.75, 3.05) is 19.7 Å². The van der Waals surface area contributed by atoms with E-state index < -0.39 is 15.6 Å². The van der Waals surface area contributed by atoms with Crippen LogP contribution in [0.4, 0.5) is 0 Å². The van der Waals surface area contributed by atoms with Crippen LogP contribution < -0.4 is 4.74 Å². The van der Waals surface area contributed by atoms with E-state index in [-0.39, 0.29) is 23.9 Å². The van der Waals surface area contributed by atoms with E-state index in [0.717, 1.165) is 6.42 Å². The van der Waals surface area contributed by atoms with E-state index in [9.17, 15) is 13.5 Å². The van der Waals surface area contributed by atoms with Gasteiger partial charge in [-0.15, -0.1) is 0 Å². The fourth-order valence-electron chi connectivity index (χ4n) is 2.18. The Morgan fingerprint density at radius 3 is 2.33 bits per heavy atom. The molecule has 6 heteroatoms. The van der Waals surface area contributed by atoms with Gasteiger partial charge in [0, 0.05) is 13.1 Å². The van der Waals surface area contributed by atoms with E-state index in [2.05, 4.69) is 0 Å². The molecule has 0 radical (unpaired) electrons. The maximum atomic E-state index is 12.4. The van der Waals surface area contributed by atoms with Crippen LogP contribution in [0.5, 0.6) is 5.75 Å². The summed E-state index contributed by atoms with van der Waals surface area (Å²) in [6.45, 7) is 6.72. The molecule has 0 aliphatic carbocycles. The minimum Gasteiger partial charge on any atom is -0.494 e. The number of hydrogen-bond donors (Lipinski definition) is 1. The largest absolute Gasteiger partial charge is 0.494 e. The second kappa shape index (κ2) is 5.94. The van der Waals surface area contributed by atoms with Crippen molar-refractivity contribution < 1.29 is 18.3 Å². The first kappa shape index (κ1) is 16.3. The number of hydrogen-bond acceptors (Lipinski definition) is 4. The number of rotatable bonds is 6. The predicted molar refractivity (Wildman–Crippen MR) is 80.8 cm³/mol. The highest BCUT2D eigenvalue weighted by molar-refractivity contribution is 7.89. The summed E-state index contributed by atoms with van der Waals surface area (Å²) in [6, 6.07) is 6.42. The number of β-amino-alcohol motifs (C(OH)–C–C–N with tert-alkyl or cyclic N) is 1. The number of benzene rings is 1. The zero-order valence-corrected chi connectivity index (χ0v) is 13.6. The van der Waals surface area contributed by atoms with Crippen LogP contribution in [0.1, 0.15) is 27.2 Å². The molecular weight excluding hydrogens is 290 g/mol. The molecule has 5 nitrogen and oxygen atoms in total. The summed E-state index contributed by atoms with van der Waals surface area (Å²) in [4.78, 5) is 0.233. The Kier molecular flexibility index (Phi) is 4.60. The lowest BCUT2D eigenvalue weighted by molar-refractivity contribution is -0.0932. The summed E-state index contributed by atoms with van der Waals surface area (Å²) < 4.78 is 31.6. The van der Waals surface area contributed by atoms with Gasteiger partial charge in [0.2, 0.25) is 10.0 Å². The maximum Gasteiger partial charge on any atom is 0.243 e. The average Bonchev–Trinajstić information content (AvgIpc) is 2.41. The smallest absolute Gasteiger partial charge is 0.243 e. The third-order valence-corrected chi connectivity index (χ3v) is 5.72. The summed E-state index contributed by atoms with van der Waals surface area (Å²) >= 11 is 0. The molecule has 2 rings (SSSR count). The van der Waals surface area contributed by atoms with Crippen molar-refractivity contribution in [3.05, 3.63) is 24.3 Å². The quantitative estimate of drug-likeness (QED) is 0.870. The van der Waals surface area contributed by atoms with Gasteiger partial charge in [0.25, 0.3) is 0 Å². The Bertz CT molecular complexity index is 574. The molecule has 118 valence electrons. The summed E-state index contributed by atoms with van der Waals surface area (Å²) in [5, 5.41) is 10.2. The molecule has 1 fully saturated rings. The van der Waals surface area contributed by atoms with Gasteiger partial charge in [0.15, 0.2) is 0 Å². The highest BCUT2D eigenvalue weighted by Gasteiger charge is 2.49.